The van der Waals surface area contributed by atoms with E-state index in [2.05, 4.69) is 0 Å². The van der Waals surface area contributed by atoms with Crippen LogP contribution < -0.4 is 5.73 Å². The zero-order chi connectivity index (χ0) is 21.7. The summed E-state index contributed by atoms with van der Waals surface area (Å²) in [7, 11) is 0. The van der Waals surface area contributed by atoms with Crippen LogP contribution in [0.4, 0.5) is 0 Å². The van der Waals surface area contributed by atoms with Gasteiger partial charge in [-0.15, -0.1) is 0 Å². The van der Waals surface area contributed by atoms with E-state index in [1.54, 1.807) is 0 Å². The second-order valence-corrected chi connectivity index (χ2v) is 9.72. The first-order chi connectivity index (χ1) is 14.4. The number of ether oxygens (including phenoxy) is 2. The molecule has 2 fully saturated rings. The van der Waals surface area contributed by atoms with Crippen molar-refractivity contribution in [1.29, 1.82) is 0 Å². The highest BCUT2D eigenvalue weighted by Gasteiger charge is 2.89. The van der Waals surface area contributed by atoms with Crippen molar-refractivity contribution in [3.8, 4) is 0 Å². The quantitative estimate of drug-likeness (QED) is 0.418. The number of hydrogen-bond acceptors (Lipinski definition) is 5. The van der Waals surface area contributed by atoms with Gasteiger partial charge in [0, 0.05) is 11.3 Å². The second-order valence-electron chi connectivity index (χ2n) is 9.72. The Morgan fingerprint density at radius 3 is 2.17 bits per heavy atom. The third-order valence-electron chi connectivity index (χ3n) is 7.56. The van der Waals surface area contributed by atoms with Crippen molar-refractivity contribution < 1.29 is 19.7 Å². The van der Waals surface area contributed by atoms with Crippen LogP contribution in [0.5, 0.6) is 0 Å². The Morgan fingerprint density at radius 2 is 1.53 bits per heavy atom. The normalized spacial score (nSPS) is 32.0. The van der Waals surface area contributed by atoms with E-state index in [4.69, 9.17) is 15.2 Å². The van der Waals surface area contributed by atoms with Crippen LogP contribution in [-0.4, -0.2) is 40.9 Å². The Labute approximate surface area is 182 Å². The molecule has 4 atom stereocenters. The minimum Gasteiger partial charge on any atom is -0.386 e. The van der Waals surface area contributed by atoms with Crippen LogP contribution in [0.1, 0.15) is 77.2 Å². The van der Waals surface area contributed by atoms with Gasteiger partial charge in [0.05, 0.1) is 13.2 Å². The van der Waals surface area contributed by atoms with Crippen molar-refractivity contribution in [2.75, 3.05) is 13.2 Å². The Hall–Kier alpha value is -0.980. The molecule has 1 saturated carbocycles. The van der Waals surface area contributed by atoms with E-state index in [1.165, 1.54) is 32.1 Å². The molecule has 1 aliphatic carbocycles. The number of nitrogens with two attached hydrogens (primary N) is 1. The van der Waals surface area contributed by atoms with E-state index in [-0.39, 0.29) is 5.92 Å². The van der Waals surface area contributed by atoms with E-state index in [0.717, 1.165) is 37.8 Å². The van der Waals surface area contributed by atoms with Crippen LogP contribution in [0.15, 0.2) is 30.3 Å². The predicted molar refractivity (Wildman–Crippen MR) is 119 cm³/mol. The molecule has 5 nitrogen and oxygen atoms in total. The van der Waals surface area contributed by atoms with Crippen molar-refractivity contribution in [2.45, 2.75) is 95.7 Å². The first-order valence-electron chi connectivity index (χ1n) is 11.8. The van der Waals surface area contributed by atoms with Gasteiger partial charge in [-0.2, -0.15) is 0 Å². The summed E-state index contributed by atoms with van der Waals surface area (Å²) in [6, 6.07) is 9.85. The number of unbranched alkanes of at least 4 members (excludes halogenated alkanes) is 7. The van der Waals surface area contributed by atoms with Gasteiger partial charge in [0.15, 0.2) is 11.9 Å². The fraction of sp³-hybridized carbons (Fsp3) is 0.760. The number of fused-ring (bicyclic) bond motifs is 1. The molecule has 4 N–H and O–H groups in total. The van der Waals surface area contributed by atoms with Gasteiger partial charge in [0.1, 0.15) is 5.60 Å². The number of rotatable bonds is 13. The summed E-state index contributed by atoms with van der Waals surface area (Å²) >= 11 is 0. The smallest absolute Gasteiger partial charge is 0.190 e. The van der Waals surface area contributed by atoms with E-state index in [0.29, 0.717) is 13.2 Å². The maximum Gasteiger partial charge on any atom is 0.190 e. The van der Waals surface area contributed by atoms with Crippen LogP contribution in [0, 0.1) is 11.3 Å². The van der Waals surface area contributed by atoms with Crippen molar-refractivity contribution >= 4 is 0 Å². The van der Waals surface area contributed by atoms with Gasteiger partial charge in [0.2, 0.25) is 0 Å². The lowest BCUT2D eigenvalue weighted by molar-refractivity contribution is -0.267. The standard InChI is InChI=1S/C25H41NO4/c1-23(2)24(27)21(16-12-7-5-3-4-6-8-13-17-26)19-30-22(25(23,24)28)29-18-20-14-10-9-11-15-20/h9-11,14-15,21-22,27-28H,3-8,12-13,16-19,26H2,1-2H3/t21-,22?,24-,25-/m0/s1. The lowest BCUT2D eigenvalue weighted by atomic mass is 9.87. The van der Waals surface area contributed by atoms with Crippen LogP contribution in [-0.2, 0) is 16.1 Å². The third kappa shape index (κ3) is 4.33. The fourth-order valence-electron chi connectivity index (χ4n) is 5.44. The number of benzene rings is 1. The first kappa shape index (κ1) is 23.7. The third-order valence-corrected chi connectivity index (χ3v) is 7.56. The number of hydrogen-bond donors (Lipinski definition) is 3. The fourth-order valence-corrected chi connectivity index (χ4v) is 5.44. The highest BCUT2D eigenvalue weighted by molar-refractivity contribution is 5.36. The maximum absolute atomic E-state index is 11.5. The SMILES string of the molecule is CC1(C)[C@@]2(O)C(OCc3ccccc3)OC[C@H](CCCCCCCCCCN)[C@]12O. The van der Waals surface area contributed by atoms with Gasteiger partial charge < -0.3 is 25.4 Å². The van der Waals surface area contributed by atoms with Crippen molar-refractivity contribution in [1.82, 2.24) is 0 Å². The van der Waals surface area contributed by atoms with Crippen molar-refractivity contribution in [2.24, 2.45) is 17.1 Å². The topological polar surface area (TPSA) is 84.9 Å². The molecule has 1 heterocycles. The van der Waals surface area contributed by atoms with E-state index >= 15 is 0 Å². The molecule has 0 aromatic heterocycles. The van der Waals surface area contributed by atoms with Crippen LogP contribution in [0.25, 0.3) is 0 Å². The molecule has 1 saturated heterocycles. The average molecular weight is 420 g/mol. The molecule has 5 heteroatoms. The lowest BCUT2D eigenvalue weighted by Gasteiger charge is -2.36. The van der Waals surface area contributed by atoms with E-state index in [1.807, 2.05) is 44.2 Å². The molecule has 1 aliphatic heterocycles. The summed E-state index contributed by atoms with van der Waals surface area (Å²) in [6.07, 6.45) is 9.72. The molecular formula is C25H41NO4. The highest BCUT2D eigenvalue weighted by atomic mass is 16.7. The van der Waals surface area contributed by atoms with Crippen LogP contribution in [0.3, 0.4) is 0 Å². The largest absolute Gasteiger partial charge is 0.386 e. The molecule has 2 aliphatic rings. The zero-order valence-electron chi connectivity index (χ0n) is 18.8. The highest BCUT2D eigenvalue weighted by Crippen LogP contribution is 2.72. The summed E-state index contributed by atoms with van der Waals surface area (Å²) in [5.74, 6) is -0.0568. The summed E-state index contributed by atoms with van der Waals surface area (Å²) < 4.78 is 11.9. The molecule has 30 heavy (non-hydrogen) atoms. The molecule has 0 radical (unpaired) electrons. The summed E-state index contributed by atoms with van der Waals surface area (Å²) in [5.41, 5.74) is 3.40. The molecule has 1 aromatic carbocycles. The van der Waals surface area contributed by atoms with Gasteiger partial charge in [-0.25, -0.2) is 0 Å². The first-order valence-corrected chi connectivity index (χ1v) is 11.8. The van der Waals surface area contributed by atoms with Crippen LogP contribution >= 0.6 is 0 Å². The van der Waals surface area contributed by atoms with Crippen molar-refractivity contribution in [3.63, 3.8) is 0 Å². The lowest BCUT2D eigenvalue weighted by Crippen LogP contribution is -2.51. The van der Waals surface area contributed by atoms with E-state index < -0.39 is 22.9 Å². The van der Waals surface area contributed by atoms with E-state index in [9.17, 15) is 10.2 Å². The molecule has 170 valence electrons. The Kier molecular flexibility index (Phi) is 7.97. The van der Waals surface area contributed by atoms with Crippen LogP contribution in [0.2, 0.25) is 0 Å². The van der Waals surface area contributed by atoms with Gasteiger partial charge in [0.25, 0.3) is 0 Å². The summed E-state index contributed by atoms with van der Waals surface area (Å²) in [4.78, 5) is 0. The predicted octanol–water partition coefficient (Wildman–Crippen LogP) is 4.15. The summed E-state index contributed by atoms with van der Waals surface area (Å²) in [5, 5.41) is 22.8. The molecule has 0 amide bonds. The Bertz CT molecular complexity index is 652. The Balaban J connectivity index is 1.44. The molecule has 1 unspecified atom stereocenters. The molecule has 1 aromatic rings. The zero-order valence-corrected chi connectivity index (χ0v) is 18.8. The second kappa shape index (κ2) is 10.1. The average Bonchev–Trinajstić information content (AvgIpc) is 3.12. The van der Waals surface area contributed by atoms with Gasteiger partial charge >= 0.3 is 0 Å². The van der Waals surface area contributed by atoms with Gasteiger partial charge in [-0.05, 0) is 24.9 Å². The van der Waals surface area contributed by atoms with Gasteiger partial charge in [-0.3, -0.25) is 0 Å². The molecule has 3 rings (SSSR count). The number of aliphatic hydroxyl groups is 2. The maximum atomic E-state index is 11.5. The Morgan fingerprint density at radius 1 is 0.933 bits per heavy atom. The molecule has 0 bridgehead atoms. The van der Waals surface area contributed by atoms with Crippen molar-refractivity contribution in [3.05, 3.63) is 35.9 Å². The minimum absolute atomic E-state index is 0.0568. The molecular weight excluding hydrogens is 378 g/mol. The van der Waals surface area contributed by atoms with Gasteiger partial charge in [-0.1, -0.05) is 89.1 Å². The monoisotopic (exact) mass is 419 g/mol. The molecule has 0 spiro atoms. The minimum atomic E-state index is -1.36. The summed E-state index contributed by atoms with van der Waals surface area (Å²) in [6.45, 7) is 5.44.